The molecule has 3 nitrogen and oxygen atoms in total. The van der Waals surface area contributed by atoms with Gasteiger partial charge in [0.05, 0.1) is 6.04 Å². The summed E-state index contributed by atoms with van der Waals surface area (Å²) in [5.74, 6) is 0.569. The Labute approximate surface area is 116 Å². The van der Waals surface area contributed by atoms with Crippen LogP contribution in [0, 0.1) is 0 Å². The minimum atomic E-state index is 0.0549. The van der Waals surface area contributed by atoms with Gasteiger partial charge in [-0.25, -0.2) is 4.98 Å². The summed E-state index contributed by atoms with van der Waals surface area (Å²) in [6.07, 6.45) is 1.71. The van der Waals surface area contributed by atoms with Crippen molar-refractivity contribution >= 4 is 21.7 Å². The van der Waals surface area contributed by atoms with Crippen molar-refractivity contribution < 1.29 is 0 Å². The van der Waals surface area contributed by atoms with Crippen LogP contribution in [-0.4, -0.2) is 11.5 Å². The molecule has 3 N–H and O–H groups in total. The molecule has 0 amide bonds. The zero-order chi connectivity index (χ0) is 13.0. The number of pyridine rings is 1. The molecule has 0 saturated heterocycles. The summed E-state index contributed by atoms with van der Waals surface area (Å²) >= 11 is 3.59. The molecule has 1 heterocycles. The SMILES string of the molecule is CCNC(c1ccccc1Br)c1cccnc1N. The average molecular weight is 306 g/mol. The number of halogens is 1. The molecule has 2 rings (SSSR count). The Bertz CT molecular complexity index is 482. The standard InChI is InChI=1S/C14H16BrN3/c1-2-17-13(10-6-3-4-8-12(10)15)11-7-5-9-18-14(11)16/h3-9,13,17H,2H2,1H3,(H2,16,18). The van der Waals surface area contributed by atoms with E-state index in [0.717, 1.165) is 16.6 Å². The number of nitrogens with one attached hydrogen (secondary N) is 1. The summed E-state index contributed by atoms with van der Waals surface area (Å²) in [6, 6.07) is 12.1. The highest BCUT2D eigenvalue weighted by molar-refractivity contribution is 9.10. The molecule has 0 saturated carbocycles. The fourth-order valence-corrected chi connectivity index (χ4v) is 2.49. The topological polar surface area (TPSA) is 50.9 Å². The van der Waals surface area contributed by atoms with E-state index in [9.17, 15) is 0 Å². The number of benzene rings is 1. The molecule has 0 aliphatic rings. The summed E-state index contributed by atoms with van der Waals surface area (Å²) in [5, 5.41) is 3.45. The van der Waals surface area contributed by atoms with E-state index < -0.39 is 0 Å². The molecule has 0 bridgehead atoms. The van der Waals surface area contributed by atoms with Crippen molar-refractivity contribution in [3.05, 3.63) is 58.2 Å². The van der Waals surface area contributed by atoms with Gasteiger partial charge in [0.1, 0.15) is 5.82 Å². The van der Waals surface area contributed by atoms with Gasteiger partial charge >= 0.3 is 0 Å². The van der Waals surface area contributed by atoms with E-state index in [-0.39, 0.29) is 6.04 Å². The van der Waals surface area contributed by atoms with Gasteiger partial charge in [-0.15, -0.1) is 0 Å². The van der Waals surface area contributed by atoms with E-state index in [1.165, 1.54) is 5.56 Å². The third-order valence-corrected chi connectivity index (χ3v) is 3.53. The third kappa shape index (κ3) is 2.71. The van der Waals surface area contributed by atoms with Gasteiger partial charge in [0.15, 0.2) is 0 Å². The summed E-state index contributed by atoms with van der Waals surface area (Å²) < 4.78 is 1.07. The average Bonchev–Trinajstić information content (AvgIpc) is 2.38. The van der Waals surface area contributed by atoms with Crippen LogP contribution in [0.1, 0.15) is 24.1 Å². The number of rotatable bonds is 4. The van der Waals surface area contributed by atoms with Gasteiger partial charge in [-0.3, -0.25) is 0 Å². The molecule has 94 valence electrons. The van der Waals surface area contributed by atoms with E-state index >= 15 is 0 Å². The number of aromatic nitrogens is 1. The van der Waals surface area contributed by atoms with Crippen LogP contribution in [0.3, 0.4) is 0 Å². The molecular formula is C14H16BrN3. The minimum absolute atomic E-state index is 0.0549. The molecule has 1 unspecified atom stereocenters. The number of anilines is 1. The maximum Gasteiger partial charge on any atom is 0.128 e. The van der Waals surface area contributed by atoms with Crippen LogP contribution in [0.25, 0.3) is 0 Å². The highest BCUT2D eigenvalue weighted by Crippen LogP contribution is 2.30. The van der Waals surface area contributed by atoms with E-state index in [4.69, 9.17) is 5.73 Å². The molecule has 18 heavy (non-hydrogen) atoms. The van der Waals surface area contributed by atoms with Gasteiger partial charge in [0.2, 0.25) is 0 Å². The molecule has 4 heteroatoms. The lowest BCUT2D eigenvalue weighted by Gasteiger charge is -2.21. The molecule has 0 spiro atoms. The Morgan fingerprint density at radius 3 is 2.61 bits per heavy atom. The highest BCUT2D eigenvalue weighted by Gasteiger charge is 2.17. The van der Waals surface area contributed by atoms with Crippen molar-refractivity contribution in [3.63, 3.8) is 0 Å². The molecule has 1 aromatic carbocycles. The van der Waals surface area contributed by atoms with Crippen LogP contribution in [0.5, 0.6) is 0 Å². The van der Waals surface area contributed by atoms with Gasteiger partial charge in [-0.05, 0) is 24.2 Å². The second-order valence-corrected chi connectivity index (χ2v) is 4.84. The van der Waals surface area contributed by atoms with Gasteiger partial charge < -0.3 is 11.1 Å². The van der Waals surface area contributed by atoms with Crippen LogP contribution in [-0.2, 0) is 0 Å². The Hall–Kier alpha value is -1.39. The first-order valence-corrected chi connectivity index (χ1v) is 6.71. The van der Waals surface area contributed by atoms with Crippen molar-refractivity contribution in [2.75, 3.05) is 12.3 Å². The Kier molecular flexibility index (Phi) is 4.33. The van der Waals surface area contributed by atoms with Gasteiger partial charge in [-0.2, -0.15) is 0 Å². The molecular weight excluding hydrogens is 290 g/mol. The summed E-state index contributed by atoms with van der Waals surface area (Å²) in [6.45, 7) is 2.94. The van der Waals surface area contributed by atoms with Crippen LogP contribution in [0.4, 0.5) is 5.82 Å². The first-order valence-electron chi connectivity index (χ1n) is 5.92. The van der Waals surface area contributed by atoms with E-state index in [0.29, 0.717) is 5.82 Å². The van der Waals surface area contributed by atoms with Crippen molar-refractivity contribution in [1.29, 1.82) is 0 Å². The fraction of sp³-hybridized carbons (Fsp3) is 0.214. The lowest BCUT2D eigenvalue weighted by Crippen LogP contribution is -2.23. The quantitative estimate of drug-likeness (QED) is 0.912. The number of nitrogen functional groups attached to an aromatic ring is 1. The molecule has 2 aromatic rings. The first kappa shape index (κ1) is 13.1. The zero-order valence-electron chi connectivity index (χ0n) is 10.2. The number of hydrogen-bond donors (Lipinski definition) is 2. The number of hydrogen-bond acceptors (Lipinski definition) is 3. The van der Waals surface area contributed by atoms with Crippen LogP contribution < -0.4 is 11.1 Å². The van der Waals surface area contributed by atoms with Gasteiger partial charge in [0, 0.05) is 16.2 Å². The van der Waals surface area contributed by atoms with Crippen molar-refractivity contribution in [1.82, 2.24) is 10.3 Å². The molecule has 1 aromatic heterocycles. The van der Waals surface area contributed by atoms with E-state index in [2.05, 4.69) is 39.2 Å². The Balaban J connectivity index is 2.47. The van der Waals surface area contributed by atoms with Gasteiger partial charge in [0.25, 0.3) is 0 Å². The summed E-state index contributed by atoms with van der Waals surface area (Å²) in [4.78, 5) is 4.16. The molecule has 0 aliphatic heterocycles. The van der Waals surface area contributed by atoms with Crippen molar-refractivity contribution in [2.45, 2.75) is 13.0 Å². The van der Waals surface area contributed by atoms with E-state index in [1.54, 1.807) is 6.20 Å². The van der Waals surface area contributed by atoms with E-state index in [1.807, 2.05) is 30.3 Å². The number of nitrogens with zero attached hydrogens (tertiary/aromatic N) is 1. The number of nitrogens with two attached hydrogens (primary N) is 1. The predicted octanol–water partition coefficient (Wildman–Crippen LogP) is 3.13. The van der Waals surface area contributed by atoms with Crippen LogP contribution in [0.2, 0.25) is 0 Å². The monoisotopic (exact) mass is 305 g/mol. The molecule has 1 atom stereocenters. The third-order valence-electron chi connectivity index (χ3n) is 2.81. The minimum Gasteiger partial charge on any atom is -0.383 e. The van der Waals surface area contributed by atoms with Crippen molar-refractivity contribution in [2.24, 2.45) is 0 Å². The molecule has 0 aliphatic carbocycles. The maximum absolute atomic E-state index is 5.97. The Morgan fingerprint density at radius 2 is 1.94 bits per heavy atom. The Morgan fingerprint density at radius 1 is 1.22 bits per heavy atom. The maximum atomic E-state index is 5.97. The summed E-state index contributed by atoms with van der Waals surface area (Å²) in [5.41, 5.74) is 8.14. The fourth-order valence-electron chi connectivity index (χ4n) is 1.97. The smallest absolute Gasteiger partial charge is 0.128 e. The largest absolute Gasteiger partial charge is 0.383 e. The second kappa shape index (κ2) is 5.98. The van der Waals surface area contributed by atoms with Crippen LogP contribution >= 0.6 is 15.9 Å². The lowest BCUT2D eigenvalue weighted by molar-refractivity contribution is 0.628. The highest BCUT2D eigenvalue weighted by atomic mass is 79.9. The zero-order valence-corrected chi connectivity index (χ0v) is 11.8. The van der Waals surface area contributed by atoms with Gasteiger partial charge in [-0.1, -0.05) is 47.1 Å². The summed E-state index contributed by atoms with van der Waals surface area (Å²) in [7, 11) is 0. The normalized spacial score (nSPS) is 12.3. The molecule has 0 fully saturated rings. The van der Waals surface area contributed by atoms with Crippen LogP contribution in [0.15, 0.2) is 47.1 Å². The second-order valence-electron chi connectivity index (χ2n) is 3.99. The first-order chi connectivity index (χ1) is 8.74. The lowest BCUT2D eigenvalue weighted by atomic mass is 9.99. The predicted molar refractivity (Wildman–Crippen MR) is 78.3 cm³/mol. The van der Waals surface area contributed by atoms with Crippen molar-refractivity contribution in [3.8, 4) is 0 Å². The molecule has 0 radical (unpaired) electrons.